The molecule has 0 spiro atoms. The fraction of sp³-hybridized carbons (Fsp3) is 0.308. The zero-order valence-corrected chi connectivity index (χ0v) is 10.7. The number of carbonyl (C=O) groups excluding carboxylic acids is 1. The van der Waals surface area contributed by atoms with Crippen LogP contribution in [0.2, 0.25) is 0 Å². The van der Waals surface area contributed by atoms with E-state index in [-0.39, 0.29) is 0 Å². The Balaban J connectivity index is 2.53. The van der Waals surface area contributed by atoms with Gasteiger partial charge >= 0.3 is 0 Å². The molecule has 3 heteroatoms. The molecule has 1 heterocycles. The van der Waals surface area contributed by atoms with Gasteiger partial charge in [0.25, 0.3) is 0 Å². The van der Waals surface area contributed by atoms with Crippen molar-refractivity contribution < 1.29 is 9.53 Å². The summed E-state index contributed by atoms with van der Waals surface area (Å²) in [4.78, 5) is 11.3. The van der Waals surface area contributed by atoms with Gasteiger partial charge in [0.1, 0.15) is 12.9 Å². The molecule has 1 aliphatic rings. The molecule has 2 nitrogen and oxygen atoms in total. The summed E-state index contributed by atoms with van der Waals surface area (Å²) in [6, 6.07) is 4.06. The van der Waals surface area contributed by atoms with Crippen molar-refractivity contribution in [3.05, 3.63) is 40.6 Å². The molecule has 16 heavy (non-hydrogen) atoms. The topological polar surface area (TPSA) is 26.3 Å². The van der Waals surface area contributed by atoms with E-state index in [4.69, 9.17) is 4.74 Å². The SMILES string of the molecule is CCC(Br)c1cc(C=O)c2c(c1)C=COC2. The maximum Gasteiger partial charge on any atom is 0.150 e. The molecule has 1 aromatic rings. The normalized spacial score (nSPS) is 15.1. The molecule has 0 amide bonds. The number of aldehydes is 1. The molecule has 0 bridgehead atoms. The van der Waals surface area contributed by atoms with Gasteiger partial charge in [0.05, 0.1) is 6.26 Å². The van der Waals surface area contributed by atoms with Crippen LogP contribution in [0.5, 0.6) is 0 Å². The van der Waals surface area contributed by atoms with E-state index in [2.05, 4.69) is 28.9 Å². The third kappa shape index (κ3) is 2.05. The summed E-state index contributed by atoms with van der Waals surface area (Å²) in [6.07, 6.45) is 5.48. The summed E-state index contributed by atoms with van der Waals surface area (Å²) in [6.45, 7) is 2.59. The van der Waals surface area contributed by atoms with Crippen LogP contribution in [-0.4, -0.2) is 6.29 Å². The first-order valence-corrected chi connectivity index (χ1v) is 6.22. The predicted molar refractivity (Wildman–Crippen MR) is 67.6 cm³/mol. The standard InChI is InChI=1S/C13H13BrO2/c1-2-13(14)10-5-9-3-4-16-8-12(9)11(6-10)7-15/h3-7,13H,2,8H2,1H3. The van der Waals surface area contributed by atoms with Gasteiger partial charge in [-0.15, -0.1) is 0 Å². The average Bonchev–Trinajstić information content (AvgIpc) is 2.36. The molecule has 0 aromatic heterocycles. The quantitative estimate of drug-likeness (QED) is 0.621. The highest BCUT2D eigenvalue weighted by molar-refractivity contribution is 9.09. The van der Waals surface area contributed by atoms with Crippen molar-refractivity contribution in [1.29, 1.82) is 0 Å². The first-order valence-electron chi connectivity index (χ1n) is 5.30. The number of benzene rings is 1. The van der Waals surface area contributed by atoms with E-state index < -0.39 is 0 Å². The summed E-state index contributed by atoms with van der Waals surface area (Å²) in [5, 5.41) is 0. The fourth-order valence-electron chi connectivity index (χ4n) is 1.83. The van der Waals surface area contributed by atoms with Gasteiger partial charge in [-0.25, -0.2) is 0 Å². The molecule has 1 aliphatic heterocycles. The lowest BCUT2D eigenvalue weighted by Gasteiger charge is -2.17. The summed E-state index contributed by atoms with van der Waals surface area (Å²) in [5.41, 5.74) is 3.95. The van der Waals surface area contributed by atoms with Crippen molar-refractivity contribution in [3.8, 4) is 0 Å². The second kappa shape index (κ2) is 4.83. The maximum absolute atomic E-state index is 11.0. The lowest BCUT2D eigenvalue weighted by molar-refractivity contribution is 0.111. The van der Waals surface area contributed by atoms with Gasteiger partial charge < -0.3 is 4.74 Å². The molecule has 0 N–H and O–H groups in total. The number of alkyl halides is 1. The van der Waals surface area contributed by atoms with E-state index >= 15 is 0 Å². The Labute approximate surface area is 103 Å². The van der Waals surface area contributed by atoms with Gasteiger partial charge in [-0.05, 0) is 29.7 Å². The summed E-state index contributed by atoms with van der Waals surface area (Å²) < 4.78 is 5.21. The zero-order chi connectivity index (χ0) is 11.5. The maximum atomic E-state index is 11.0. The Kier molecular flexibility index (Phi) is 3.44. The molecule has 0 aliphatic carbocycles. The molecule has 0 saturated carbocycles. The van der Waals surface area contributed by atoms with Crippen molar-refractivity contribution in [1.82, 2.24) is 0 Å². The van der Waals surface area contributed by atoms with Crippen LogP contribution in [-0.2, 0) is 11.3 Å². The lowest BCUT2D eigenvalue weighted by Crippen LogP contribution is -2.04. The minimum absolute atomic E-state index is 0.299. The number of hydrogen-bond acceptors (Lipinski definition) is 2. The first kappa shape index (κ1) is 11.4. The summed E-state index contributed by atoms with van der Waals surface area (Å²) in [5.74, 6) is 0. The second-order valence-corrected chi connectivity index (χ2v) is 4.89. The van der Waals surface area contributed by atoms with E-state index in [0.717, 1.165) is 35.0 Å². The lowest BCUT2D eigenvalue weighted by atomic mass is 9.96. The van der Waals surface area contributed by atoms with E-state index in [0.29, 0.717) is 11.4 Å². The molecule has 1 unspecified atom stereocenters. The van der Waals surface area contributed by atoms with Crippen molar-refractivity contribution >= 4 is 28.3 Å². The molecule has 1 atom stereocenters. The molecule has 0 radical (unpaired) electrons. The zero-order valence-electron chi connectivity index (χ0n) is 9.07. The van der Waals surface area contributed by atoms with Crippen LogP contribution in [0.4, 0.5) is 0 Å². The third-order valence-electron chi connectivity index (χ3n) is 2.76. The van der Waals surface area contributed by atoms with Gasteiger partial charge in [-0.1, -0.05) is 28.9 Å². The first-order chi connectivity index (χ1) is 7.76. The highest BCUT2D eigenvalue weighted by atomic mass is 79.9. The van der Waals surface area contributed by atoms with Gasteiger partial charge in [-0.3, -0.25) is 4.79 Å². The fourth-order valence-corrected chi connectivity index (χ4v) is 2.10. The molecule has 0 saturated heterocycles. The Hall–Kier alpha value is -1.09. The molecule has 1 aromatic carbocycles. The van der Waals surface area contributed by atoms with Gasteiger partial charge in [0, 0.05) is 16.0 Å². The van der Waals surface area contributed by atoms with Crippen molar-refractivity contribution in [2.45, 2.75) is 24.8 Å². The van der Waals surface area contributed by atoms with Crippen LogP contribution in [0.1, 0.15) is 45.2 Å². The number of halogens is 1. The molecular formula is C13H13BrO2. The molecule has 84 valence electrons. The van der Waals surface area contributed by atoms with Crippen LogP contribution < -0.4 is 0 Å². The van der Waals surface area contributed by atoms with Crippen molar-refractivity contribution in [2.24, 2.45) is 0 Å². The van der Waals surface area contributed by atoms with Crippen molar-refractivity contribution in [2.75, 3.05) is 0 Å². The smallest absolute Gasteiger partial charge is 0.150 e. The van der Waals surface area contributed by atoms with Gasteiger partial charge in [0.2, 0.25) is 0 Å². The van der Waals surface area contributed by atoms with E-state index in [1.54, 1.807) is 6.26 Å². The van der Waals surface area contributed by atoms with Crippen LogP contribution in [0.3, 0.4) is 0 Å². The van der Waals surface area contributed by atoms with E-state index in [9.17, 15) is 4.79 Å². The summed E-state index contributed by atoms with van der Waals surface area (Å²) in [7, 11) is 0. The van der Waals surface area contributed by atoms with Gasteiger partial charge in [0.15, 0.2) is 0 Å². The predicted octanol–water partition coefficient (Wildman–Crippen LogP) is 3.85. The average molecular weight is 281 g/mol. The minimum Gasteiger partial charge on any atom is -0.496 e. The third-order valence-corrected chi connectivity index (χ3v) is 3.94. The van der Waals surface area contributed by atoms with Crippen LogP contribution >= 0.6 is 15.9 Å². The largest absolute Gasteiger partial charge is 0.496 e. The Bertz CT molecular complexity index is 438. The number of carbonyl (C=O) groups is 1. The monoisotopic (exact) mass is 280 g/mol. The van der Waals surface area contributed by atoms with Crippen LogP contribution in [0.25, 0.3) is 6.08 Å². The summed E-state index contributed by atoms with van der Waals surface area (Å²) >= 11 is 3.60. The highest BCUT2D eigenvalue weighted by Crippen LogP contribution is 2.31. The Morgan fingerprint density at radius 2 is 2.38 bits per heavy atom. The Morgan fingerprint density at radius 1 is 1.56 bits per heavy atom. The number of rotatable bonds is 3. The van der Waals surface area contributed by atoms with E-state index in [1.165, 1.54) is 0 Å². The number of fused-ring (bicyclic) bond motifs is 1. The van der Waals surface area contributed by atoms with Crippen LogP contribution in [0, 0.1) is 0 Å². The number of ether oxygens (including phenoxy) is 1. The highest BCUT2D eigenvalue weighted by Gasteiger charge is 2.14. The van der Waals surface area contributed by atoms with Gasteiger partial charge in [-0.2, -0.15) is 0 Å². The Morgan fingerprint density at radius 3 is 3.06 bits per heavy atom. The molecule has 2 rings (SSSR count). The second-order valence-electron chi connectivity index (χ2n) is 3.79. The van der Waals surface area contributed by atoms with Crippen molar-refractivity contribution in [3.63, 3.8) is 0 Å². The minimum atomic E-state index is 0.299. The van der Waals surface area contributed by atoms with E-state index in [1.807, 2.05) is 12.1 Å². The molecule has 0 fully saturated rings. The molecular weight excluding hydrogens is 268 g/mol. The van der Waals surface area contributed by atoms with Crippen LogP contribution in [0.15, 0.2) is 18.4 Å². The number of hydrogen-bond donors (Lipinski definition) is 0.